The second kappa shape index (κ2) is 5.37. The Morgan fingerprint density at radius 2 is 2.29 bits per heavy atom. The van der Waals surface area contributed by atoms with E-state index in [9.17, 15) is 0 Å². The first kappa shape index (κ1) is 11.5. The number of hydrogen-bond donors (Lipinski definition) is 0. The molecule has 0 aliphatic heterocycles. The maximum atomic E-state index is 5.74. The van der Waals surface area contributed by atoms with Gasteiger partial charge in [0.1, 0.15) is 0 Å². The maximum absolute atomic E-state index is 5.74. The molecule has 0 saturated heterocycles. The topological polar surface area (TPSA) is 21.1 Å². The number of hydrogen-bond acceptors (Lipinski definition) is 2. The lowest BCUT2D eigenvalue weighted by Gasteiger charge is -2.24. The van der Waals surface area contributed by atoms with Gasteiger partial charge in [0.15, 0.2) is 0 Å². The summed E-state index contributed by atoms with van der Waals surface area (Å²) in [6.45, 7) is 6.14. The first-order valence-electron chi connectivity index (χ1n) is 4.92. The molecule has 0 amide bonds. The highest BCUT2D eigenvalue weighted by molar-refractivity contribution is 6.18. The van der Waals surface area contributed by atoms with Gasteiger partial charge in [-0.1, -0.05) is 0 Å². The van der Waals surface area contributed by atoms with Crippen molar-refractivity contribution < 1.29 is 0 Å². The molecule has 0 aromatic carbocycles. The molecule has 3 nitrogen and oxygen atoms in total. The average Bonchev–Trinajstić information content (AvgIpc) is 2.50. The molecule has 0 atom stereocenters. The summed E-state index contributed by atoms with van der Waals surface area (Å²) >= 11 is 5.74. The molecule has 4 heteroatoms. The highest BCUT2D eigenvalue weighted by Crippen LogP contribution is 2.05. The van der Waals surface area contributed by atoms with Crippen LogP contribution in [0.3, 0.4) is 0 Å². The fraction of sp³-hybridized carbons (Fsp3) is 0.700. The normalized spacial score (nSPS) is 11.6. The molecular weight excluding hydrogens is 198 g/mol. The van der Waals surface area contributed by atoms with Crippen LogP contribution in [0.25, 0.3) is 0 Å². The predicted octanol–water partition coefficient (Wildman–Crippen LogP) is 1.87. The van der Waals surface area contributed by atoms with E-state index in [0.717, 1.165) is 18.8 Å². The van der Waals surface area contributed by atoms with Gasteiger partial charge in [0.2, 0.25) is 0 Å². The summed E-state index contributed by atoms with van der Waals surface area (Å²) in [4.78, 5) is 2.31. The number of nitrogens with zero attached hydrogens (tertiary/aromatic N) is 3. The van der Waals surface area contributed by atoms with E-state index in [1.807, 2.05) is 24.0 Å². The Hall–Kier alpha value is -0.540. The molecule has 80 valence electrons. The second-order valence-corrected chi connectivity index (χ2v) is 4.11. The van der Waals surface area contributed by atoms with Gasteiger partial charge in [-0.15, -0.1) is 11.6 Å². The Labute approximate surface area is 90.7 Å². The molecule has 14 heavy (non-hydrogen) atoms. The van der Waals surface area contributed by atoms with E-state index in [1.54, 1.807) is 0 Å². The fourth-order valence-electron chi connectivity index (χ4n) is 1.38. The molecule has 0 bridgehead atoms. The van der Waals surface area contributed by atoms with E-state index in [0.29, 0.717) is 11.9 Å². The Balaban J connectivity index is 2.55. The molecule has 0 aliphatic rings. The summed E-state index contributed by atoms with van der Waals surface area (Å²) in [5.41, 5.74) is 1.10. The van der Waals surface area contributed by atoms with Crippen molar-refractivity contribution in [3.8, 4) is 0 Å². The summed E-state index contributed by atoms with van der Waals surface area (Å²) in [7, 11) is 1.94. The lowest BCUT2D eigenvalue weighted by molar-refractivity contribution is 0.223. The average molecular weight is 216 g/mol. The van der Waals surface area contributed by atoms with Gasteiger partial charge >= 0.3 is 0 Å². The maximum Gasteiger partial charge on any atom is 0.0764 e. The van der Waals surface area contributed by atoms with Crippen LogP contribution in [-0.4, -0.2) is 33.1 Å². The van der Waals surface area contributed by atoms with Crippen LogP contribution < -0.4 is 0 Å². The van der Waals surface area contributed by atoms with Crippen LogP contribution >= 0.6 is 11.6 Å². The quantitative estimate of drug-likeness (QED) is 0.700. The molecule has 0 aliphatic carbocycles. The van der Waals surface area contributed by atoms with E-state index >= 15 is 0 Å². The first-order chi connectivity index (χ1) is 6.63. The molecular formula is C10H18ClN3. The van der Waals surface area contributed by atoms with Crippen LogP contribution in [0.15, 0.2) is 12.3 Å². The van der Waals surface area contributed by atoms with Crippen molar-refractivity contribution in [3.63, 3.8) is 0 Å². The predicted molar refractivity (Wildman–Crippen MR) is 59.5 cm³/mol. The van der Waals surface area contributed by atoms with Gasteiger partial charge in [-0.25, -0.2) is 0 Å². The molecule has 0 saturated carbocycles. The Kier molecular flexibility index (Phi) is 4.42. The van der Waals surface area contributed by atoms with Gasteiger partial charge in [0, 0.05) is 38.3 Å². The first-order valence-corrected chi connectivity index (χ1v) is 5.45. The number of aromatic nitrogens is 2. The molecule has 0 radical (unpaired) electrons. The van der Waals surface area contributed by atoms with Crippen molar-refractivity contribution in [1.82, 2.24) is 14.7 Å². The third kappa shape index (κ3) is 3.31. The standard InChI is InChI=1S/C10H18ClN3/c1-9(2)14(7-5-11)8-10-4-6-13(3)12-10/h4,6,9H,5,7-8H2,1-3H3. The summed E-state index contributed by atoms with van der Waals surface area (Å²) < 4.78 is 1.83. The fourth-order valence-corrected chi connectivity index (χ4v) is 1.60. The van der Waals surface area contributed by atoms with E-state index in [4.69, 9.17) is 11.6 Å². The van der Waals surface area contributed by atoms with Gasteiger partial charge in [0.25, 0.3) is 0 Å². The number of aryl methyl sites for hydroxylation is 1. The van der Waals surface area contributed by atoms with Crippen molar-refractivity contribution in [3.05, 3.63) is 18.0 Å². The van der Waals surface area contributed by atoms with Gasteiger partial charge in [0.05, 0.1) is 5.69 Å². The molecule has 0 fully saturated rings. The van der Waals surface area contributed by atoms with E-state index in [-0.39, 0.29) is 0 Å². The molecule has 0 spiro atoms. The zero-order valence-electron chi connectivity index (χ0n) is 9.07. The second-order valence-electron chi connectivity index (χ2n) is 3.73. The Morgan fingerprint density at radius 3 is 2.71 bits per heavy atom. The summed E-state index contributed by atoms with van der Waals surface area (Å²) in [5.74, 6) is 0.672. The zero-order chi connectivity index (χ0) is 10.6. The molecule has 0 N–H and O–H groups in total. The van der Waals surface area contributed by atoms with Crippen molar-refractivity contribution in [2.75, 3.05) is 12.4 Å². The zero-order valence-corrected chi connectivity index (χ0v) is 9.83. The van der Waals surface area contributed by atoms with E-state index in [1.165, 1.54) is 0 Å². The van der Waals surface area contributed by atoms with Crippen molar-refractivity contribution in [2.45, 2.75) is 26.4 Å². The van der Waals surface area contributed by atoms with Crippen LogP contribution in [0.5, 0.6) is 0 Å². The van der Waals surface area contributed by atoms with Crippen LogP contribution in [-0.2, 0) is 13.6 Å². The summed E-state index contributed by atoms with van der Waals surface area (Å²) in [6.07, 6.45) is 1.97. The summed E-state index contributed by atoms with van der Waals surface area (Å²) in [5, 5.41) is 4.35. The Bertz CT molecular complexity index is 270. The Morgan fingerprint density at radius 1 is 1.57 bits per heavy atom. The van der Waals surface area contributed by atoms with Gasteiger partial charge in [-0.2, -0.15) is 5.10 Å². The number of alkyl halides is 1. The van der Waals surface area contributed by atoms with Crippen molar-refractivity contribution >= 4 is 11.6 Å². The van der Waals surface area contributed by atoms with Crippen LogP contribution in [0, 0.1) is 0 Å². The van der Waals surface area contributed by atoms with Crippen LogP contribution in [0.2, 0.25) is 0 Å². The van der Waals surface area contributed by atoms with Crippen LogP contribution in [0.4, 0.5) is 0 Å². The van der Waals surface area contributed by atoms with Crippen LogP contribution in [0.1, 0.15) is 19.5 Å². The van der Waals surface area contributed by atoms with Gasteiger partial charge < -0.3 is 0 Å². The molecule has 1 aromatic heterocycles. The third-order valence-corrected chi connectivity index (χ3v) is 2.40. The smallest absolute Gasteiger partial charge is 0.0764 e. The largest absolute Gasteiger partial charge is 0.294 e. The van der Waals surface area contributed by atoms with Gasteiger partial charge in [-0.3, -0.25) is 9.58 Å². The molecule has 0 unspecified atom stereocenters. The number of rotatable bonds is 5. The molecule has 1 rings (SSSR count). The molecule has 1 heterocycles. The highest BCUT2D eigenvalue weighted by Gasteiger charge is 2.10. The SMILES string of the molecule is CC(C)N(CCCl)Cc1ccn(C)n1. The minimum Gasteiger partial charge on any atom is -0.294 e. The minimum absolute atomic E-state index is 0.510. The van der Waals surface area contributed by atoms with Crippen molar-refractivity contribution in [2.24, 2.45) is 7.05 Å². The highest BCUT2D eigenvalue weighted by atomic mass is 35.5. The number of halogens is 1. The lowest BCUT2D eigenvalue weighted by Crippen LogP contribution is -2.32. The monoisotopic (exact) mass is 215 g/mol. The lowest BCUT2D eigenvalue weighted by atomic mass is 10.3. The van der Waals surface area contributed by atoms with E-state index in [2.05, 4.69) is 23.8 Å². The minimum atomic E-state index is 0.510. The summed E-state index contributed by atoms with van der Waals surface area (Å²) in [6, 6.07) is 2.56. The molecule has 1 aromatic rings. The van der Waals surface area contributed by atoms with E-state index < -0.39 is 0 Å². The van der Waals surface area contributed by atoms with Crippen molar-refractivity contribution in [1.29, 1.82) is 0 Å². The van der Waals surface area contributed by atoms with Gasteiger partial charge in [-0.05, 0) is 19.9 Å². The third-order valence-electron chi connectivity index (χ3n) is 2.24.